The van der Waals surface area contributed by atoms with Gasteiger partial charge in [0.2, 0.25) is 0 Å². The highest BCUT2D eigenvalue weighted by molar-refractivity contribution is 6.11. The maximum atomic E-state index is 5.97. The van der Waals surface area contributed by atoms with Crippen molar-refractivity contribution in [2.75, 3.05) is 34.5 Å². The van der Waals surface area contributed by atoms with Gasteiger partial charge in [-0.15, -0.1) is 0 Å². The molecule has 1 saturated heterocycles. The van der Waals surface area contributed by atoms with E-state index in [0.717, 1.165) is 6.42 Å². The van der Waals surface area contributed by atoms with Crippen molar-refractivity contribution in [2.24, 2.45) is 5.92 Å². The Hall–Kier alpha value is -0.135. The van der Waals surface area contributed by atoms with E-state index >= 15 is 0 Å². The third kappa shape index (κ3) is 5.00. The molecule has 5 atom stereocenters. The van der Waals surface area contributed by atoms with Crippen LogP contribution in [0.15, 0.2) is 0 Å². The Morgan fingerprint density at radius 3 is 2.35 bits per heavy atom. The zero-order valence-corrected chi connectivity index (χ0v) is 13.2. The van der Waals surface area contributed by atoms with Crippen LogP contribution in [-0.4, -0.2) is 72.8 Å². The summed E-state index contributed by atoms with van der Waals surface area (Å²) in [4.78, 5) is 0. The molecule has 1 aliphatic heterocycles. The minimum Gasteiger partial charge on any atom is -0.382 e. The molecule has 1 unspecified atom stereocenters. The fourth-order valence-corrected chi connectivity index (χ4v) is 2.51. The molecular formula is C14H27BO5. The largest absolute Gasteiger partial charge is 0.382 e. The van der Waals surface area contributed by atoms with Gasteiger partial charge in [0.25, 0.3) is 0 Å². The average Bonchev–Trinajstić information content (AvgIpc) is 2.70. The summed E-state index contributed by atoms with van der Waals surface area (Å²) in [7, 11) is 10.9. The summed E-state index contributed by atoms with van der Waals surface area (Å²) in [5.41, 5.74) is 0. The molecule has 0 amide bonds. The zero-order valence-electron chi connectivity index (χ0n) is 13.2. The van der Waals surface area contributed by atoms with Crippen LogP contribution in [-0.2, 0) is 23.7 Å². The molecule has 0 saturated carbocycles. The normalized spacial score (nSPS) is 31.9. The molecule has 1 fully saturated rings. The van der Waals surface area contributed by atoms with Gasteiger partial charge in [0, 0.05) is 27.3 Å². The summed E-state index contributed by atoms with van der Waals surface area (Å²) in [5.74, 6) is 0.552. The van der Waals surface area contributed by atoms with Gasteiger partial charge in [-0.05, 0) is 12.3 Å². The van der Waals surface area contributed by atoms with E-state index < -0.39 is 6.00 Å². The van der Waals surface area contributed by atoms with Crippen molar-refractivity contribution in [2.45, 2.75) is 50.7 Å². The highest BCUT2D eigenvalue weighted by atomic mass is 16.6. The molecule has 0 aromatic rings. The summed E-state index contributed by atoms with van der Waals surface area (Å²) >= 11 is 0. The minimum absolute atomic E-state index is 0.0566. The molecule has 0 N–H and O–H groups in total. The highest BCUT2D eigenvalue weighted by Crippen LogP contribution is 2.25. The van der Waals surface area contributed by atoms with E-state index in [1.807, 2.05) is 0 Å². The van der Waals surface area contributed by atoms with Crippen LogP contribution < -0.4 is 0 Å². The van der Waals surface area contributed by atoms with Crippen molar-refractivity contribution in [1.29, 1.82) is 0 Å². The number of methoxy groups -OCH3 is 3. The molecule has 1 aliphatic rings. The molecule has 2 radical (unpaired) electrons. The lowest BCUT2D eigenvalue weighted by atomic mass is 9.92. The number of ether oxygens (including phenoxy) is 5. The Bertz CT molecular complexity index is 264. The molecule has 1 heterocycles. The number of rotatable bonds is 9. The molecule has 0 spiro atoms. The fraction of sp³-hybridized carbons (Fsp3) is 1.00. The number of hydrogen-bond donors (Lipinski definition) is 0. The summed E-state index contributed by atoms with van der Waals surface area (Å²) in [6, 6.07) is -0.503. The first kappa shape index (κ1) is 17.9. The topological polar surface area (TPSA) is 46.2 Å². The molecule has 6 heteroatoms. The van der Waals surface area contributed by atoms with E-state index in [1.165, 1.54) is 0 Å². The van der Waals surface area contributed by atoms with Crippen LogP contribution in [0.1, 0.15) is 20.3 Å². The second-order valence-electron chi connectivity index (χ2n) is 5.58. The van der Waals surface area contributed by atoms with Gasteiger partial charge in [-0.25, -0.2) is 0 Å². The van der Waals surface area contributed by atoms with E-state index in [0.29, 0.717) is 19.1 Å². The molecule has 1 rings (SSSR count). The lowest BCUT2D eigenvalue weighted by Gasteiger charge is -2.25. The van der Waals surface area contributed by atoms with Gasteiger partial charge in [-0.1, -0.05) is 13.8 Å². The molecule has 0 aromatic carbocycles. The Kier molecular flexibility index (Phi) is 8.06. The second-order valence-corrected chi connectivity index (χ2v) is 5.58. The van der Waals surface area contributed by atoms with Gasteiger partial charge < -0.3 is 23.7 Å². The summed E-state index contributed by atoms with van der Waals surface area (Å²) in [6.07, 6.45) is 0.280. The van der Waals surface area contributed by atoms with E-state index in [-0.39, 0.29) is 24.4 Å². The fourth-order valence-electron chi connectivity index (χ4n) is 2.51. The van der Waals surface area contributed by atoms with Crippen molar-refractivity contribution >= 4 is 7.85 Å². The van der Waals surface area contributed by atoms with Gasteiger partial charge in [-0.3, -0.25) is 0 Å². The monoisotopic (exact) mass is 286 g/mol. The average molecular weight is 286 g/mol. The molecule has 5 nitrogen and oxygen atoms in total. The minimum atomic E-state index is -0.503. The van der Waals surface area contributed by atoms with E-state index in [9.17, 15) is 0 Å². The van der Waals surface area contributed by atoms with Crippen molar-refractivity contribution < 1.29 is 23.7 Å². The molecule has 0 bridgehead atoms. The quantitative estimate of drug-likeness (QED) is 0.591. The maximum Gasteiger partial charge on any atom is 0.113 e. The van der Waals surface area contributed by atoms with Crippen LogP contribution in [0.25, 0.3) is 0 Å². The second kappa shape index (κ2) is 9.00. The Balaban J connectivity index is 2.51. The van der Waals surface area contributed by atoms with Gasteiger partial charge >= 0.3 is 0 Å². The Morgan fingerprint density at radius 1 is 1.15 bits per heavy atom. The van der Waals surface area contributed by atoms with Crippen LogP contribution in [0, 0.1) is 5.92 Å². The molecule has 116 valence electrons. The first-order valence-corrected chi connectivity index (χ1v) is 7.10. The first-order valence-electron chi connectivity index (χ1n) is 7.10. The molecule has 0 aromatic heterocycles. The van der Waals surface area contributed by atoms with Crippen molar-refractivity contribution in [1.82, 2.24) is 0 Å². The van der Waals surface area contributed by atoms with Crippen LogP contribution in [0.5, 0.6) is 0 Å². The smallest absolute Gasteiger partial charge is 0.113 e. The van der Waals surface area contributed by atoms with Crippen molar-refractivity contribution in [3.05, 3.63) is 0 Å². The Morgan fingerprint density at radius 2 is 1.85 bits per heavy atom. The highest BCUT2D eigenvalue weighted by Gasteiger charge is 2.43. The standard InChI is InChI=1S/C14H27BO5/c1-9(2)6-10(17-4)7-19-13-12(18-5)11(8-16-3)20-14(13)15/h9-14H,6-8H2,1-5H3/t10-,11-,12?,13+,14-/m1/s1. The van der Waals surface area contributed by atoms with Crippen LogP contribution in [0.3, 0.4) is 0 Å². The van der Waals surface area contributed by atoms with Gasteiger partial charge in [-0.2, -0.15) is 0 Å². The maximum absolute atomic E-state index is 5.97. The number of hydrogen-bond acceptors (Lipinski definition) is 5. The summed E-state index contributed by atoms with van der Waals surface area (Å²) in [6.45, 7) is 5.23. The third-order valence-corrected chi connectivity index (χ3v) is 3.49. The van der Waals surface area contributed by atoms with Crippen LogP contribution >= 0.6 is 0 Å². The lowest BCUT2D eigenvalue weighted by molar-refractivity contribution is -0.0818. The predicted molar refractivity (Wildman–Crippen MR) is 77.1 cm³/mol. The molecule has 20 heavy (non-hydrogen) atoms. The van der Waals surface area contributed by atoms with Crippen LogP contribution in [0.4, 0.5) is 0 Å². The van der Waals surface area contributed by atoms with E-state index in [4.69, 9.17) is 31.5 Å². The van der Waals surface area contributed by atoms with E-state index in [2.05, 4.69) is 13.8 Å². The SMILES string of the molecule is [B][C@@H]1O[C@H](COC)C(OC)[C@@H]1OC[C@@H](CC(C)C)OC. The molecule has 0 aliphatic carbocycles. The summed E-state index contributed by atoms with van der Waals surface area (Å²) in [5, 5.41) is 0. The van der Waals surface area contributed by atoms with E-state index in [1.54, 1.807) is 21.3 Å². The third-order valence-electron chi connectivity index (χ3n) is 3.49. The Labute approximate surface area is 123 Å². The van der Waals surface area contributed by atoms with Crippen molar-refractivity contribution in [3.63, 3.8) is 0 Å². The molecular weight excluding hydrogens is 259 g/mol. The van der Waals surface area contributed by atoms with Crippen LogP contribution in [0.2, 0.25) is 0 Å². The summed E-state index contributed by atoms with van der Waals surface area (Å²) < 4.78 is 27.5. The predicted octanol–water partition coefficient (Wildman–Crippen LogP) is 0.987. The van der Waals surface area contributed by atoms with Crippen molar-refractivity contribution in [3.8, 4) is 0 Å². The lowest BCUT2D eigenvalue weighted by Crippen LogP contribution is -2.40. The zero-order chi connectivity index (χ0) is 15.1. The van der Waals surface area contributed by atoms with Gasteiger partial charge in [0.1, 0.15) is 26.2 Å². The van der Waals surface area contributed by atoms with Gasteiger partial charge in [0.05, 0.1) is 19.3 Å². The first-order chi connectivity index (χ1) is 9.53. The van der Waals surface area contributed by atoms with Gasteiger partial charge in [0.15, 0.2) is 0 Å².